The predicted octanol–water partition coefficient (Wildman–Crippen LogP) is 3.68. The van der Waals surface area contributed by atoms with Crippen LogP contribution in [-0.2, 0) is 6.54 Å². The van der Waals surface area contributed by atoms with Crippen molar-refractivity contribution < 1.29 is 4.42 Å². The molecule has 1 aromatic heterocycles. The highest BCUT2D eigenvalue weighted by atomic mass is 35.5. The second-order valence-electron chi connectivity index (χ2n) is 4.23. The lowest BCUT2D eigenvalue weighted by atomic mass is 10.2. The Morgan fingerprint density at radius 1 is 1.21 bits per heavy atom. The Bertz CT molecular complexity index is 724. The summed E-state index contributed by atoms with van der Waals surface area (Å²) < 4.78 is 5.56. The highest BCUT2D eigenvalue weighted by Crippen LogP contribution is 2.21. The molecule has 5 heteroatoms. The first-order chi connectivity index (χ1) is 9.20. The molecule has 0 saturated carbocycles. The number of anilines is 2. The summed E-state index contributed by atoms with van der Waals surface area (Å²) in [5.41, 5.74) is 8.89. The number of halogens is 1. The van der Waals surface area contributed by atoms with Crippen molar-refractivity contribution in [3.05, 3.63) is 53.1 Å². The monoisotopic (exact) mass is 273 g/mol. The average Bonchev–Trinajstić information content (AvgIpc) is 2.78. The van der Waals surface area contributed by atoms with Gasteiger partial charge in [0.2, 0.25) is 0 Å². The van der Waals surface area contributed by atoms with Gasteiger partial charge in [-0.15, -0.1) is 0 Å². The summed E-state index contributed by atoms with van der Waals surface area (Å²) in [7, 11) is 0. The van der Waals surface area contributed by atoms with Gasteiger partial charge in [-0.05, 0) is 35.9 Å². The average molecular weight is 274 g/mol. The summed E-state index contributed by atoms with van der Waals surface area (Å²) in [5, 5.41) is 3.83. The van der Waals surface area contributed by atoms with Gasteiger partial charge in [0, 0.05) is 17.3 Å². The fourth-order valence-electron chi connectivity index (χ4n) is 1.84. The van der Waals surface area contributed by atoms with Crippen molar-refractivity contribution >= 4 is 34.4 Å². The minimum Gasteiger partial charge on any atom is -0.424 e. The van der Waals surface area contributed by atoms with Gasteiger partial charge in [-0.25, -0.2) is 0 Å². The van der Waals surface area contributed by atoms with E-state index in [1.165, 1.54) is 0 Å². The van der Waals surface area contributed by atoms with Crippen LogP contribution in [0.5, 0.6) is 0 Å². The Morgan fingerprint density at radius 3 is 2.95 bits per heavy atom. The van der Waals surface area contributed by atoms with E-state index in [4.69, 9.17) is 21.8 Å². The number of rotatable bonds is 3. The van der Waals surface area contributed by atoms with Crippen molar-refractivity contribution in [1.82, 2.24) is 4.98 Å². The molecule has 0 saturated heterocycles. The summed E-state index contributed by atoms with van der Waals surface area (Å²) >= 11 is 5.93. The second kappa shape index (κ2) is 4.82. The molecular formula is C14H12ClN3O. The zero-order chi connectivity index (χ0) is 13.2. The van der Waals surface area contributed by atoms with Crippen LogP contribution in [0.2, 0.25) is 5.02 Å². The van der Waals surface area contributed by atoms with E-state index in [1.807, 2.05) is 30.3 Å². The molecule has 96 valence electrons. The lowest BCUT2D eigenvalue weighted by Gasteiger charge is -2.01. The van der Waals surface area contributed by atoms with E-state index >= 15 is 0 Å². The van der Waals surface area contributed by atoms with Gasteiger partial charge in [0.15, 0.2) is 5.58 Å². The molecule has 0 radical (unpaired) electrons. The number of oxazole rings is 1. The Balaban J connectivity index is 1.78. The number of nitrogen functional groups attached to an aromatic ring is 1. The van der Waals surface area contributed by atoms with Crippen molar-refractivity contribution in [2.24, 2.45) is 0 Å². The van der Waals surface area contributed by atoms with Crippen LogP contribution in [0.1, 0.15) is 5.56 Å². The Hall–Kier alpha value is -2.20. The van der Waals surface area contributed by atoms with E-state index in [0.717, 1.165) is 11.1 Å². The maximum absolute atomic E-state index is 5.93. The van der Waals surface area contributed by atoms with Gasteiger partial charge in [-0.2, -0.15) is 4.98 Å². The molecular weight excluding hydrogens is 262 g/mol. The van der Waals surface area contributed by atoms with Crippen LogP contribution >= 0.6 is 11.6 Å². The van der Waals surface area contributed by atoms with Crippen LogP contribution in [0, 0.1) is 0 Å². The van der Waals surface area contributed by atoms with Gasteiger partial charge in [0.25, 0.3) is 6.01 Å². The Morgan fingerprint density at radius 2 is 2.11 bits per heavy atom. The van der Waals surface area contributed by atoms with Crippen molar-refractivity contribution in [1.29, 1.82) is 0 Å². The number of hydrogen-bond donors (Lipinski definition) is 2. The quantitative estimate of drug-likeness (QED) is 0.715. The smallest absolute Gasteiger partial charge is 0.295 e. The first-order valence-corrected chi connectivity index (χ1v) is 6.23. The van der Waals surface area contributed by atoms with Gasteiger partial charge in [-0.1, -0.05) is 23.7 Å². The van der Waals surface area contributed by atoms with Crippen LogP contribution in [0.25, 0.3) is 11.1 Å². The van der Waals surface area contributed by atoms with Crippen LogP contribution in [0.3, 0.4) is 0 Å². The van der Waals surface area contributed by atoms with Crippen LogP contribution in [-0.4, -0.2) is 4.98 Å². The minimum atomic E-state index is 0.473. The molecule has 0 fully saturated rings. The third-order valence-electron chi connectivity index (χ3n) is 2.74. The standard InChI is InChI=1S/C14H12ClN3O/c15-10-3-1-2-9(6-10)8-17-14-18-12-7-11(16)4-5-13(12)19-14/h1-7H,8,16H2,(H,17,18). The largest absolute Gasteiger partial charge is 0.424 e. The zero-order valence-electron chi connectivity index (χ0n) is 10.1. The molecule has 0 amide bonds. The first kappa shape index (κ1) is 11.9. The van der Waals surface area contributed by atoms with E-state index in [9.17, 15) is 0 Å². The number of benzene rings is 2. The lowest BCUT2D eigenvalue weighted by Crippen LogP contribution is -1.99. The Kier molecular flexibility index (Phi) is 3.01. The molecule has 3 aromatic rings. The molecule has 0 aliphatic rings. The van der Waals surface area contributed by atoms with E-state index < -0.39 is 0 Å². The molecule has 0 aliphatic carbocycles. The van der Waals surface area contributed by atoms with E-state index in [1.54, 1.807) is 12.1 Å². The predicted molar refractivity (Wildman–Crippen MR) is 77.2 cm³/mol. The van der Waals surface area contributed by atoms with Gasteiger partial charge < -0.3 is 15.5 Å². The summed E-state index contributed by atoms with van der Waals surface area (Å²) in [6.07, 6.45) is 0. The number of nitrogens with zero attached hydrogens (tertiary/aromatic N) is 1. The van der Waals surface area contributed by atoms with E-state index in [-0.39, 0.29) is 0 Å². The van der Waals surface area contributed by atoms with Crippen LogP contribution in [0.4, 0.5) is 11.7 Å². The van der Waals surface area contributed by atoms with Crippen molar-refractivity contribution in [2.45, 2.75) is 6.54 Å². The van der Waals surface area contributed by atoms with Crippen molar-refractivity contribution in [2.75, 3.05) is 11.1 Å². The SMILES string of the molecule is Nc1ccc2oc(NCc3cccc(Cl)c3)nc2c1. The lowest BCUT2D eigenvalue weighted by molar-refractivity contribution is 0.614. The Labute approximate surface area is 115 Å². The number of fused-ring (bicyclic) bond motifs is 1. The summed E-state index contributed by atoms with van der Waals surface area (Å²) in [5.74, 6) is 0. The first-order valence-electron chi connectivity index (χ1n) is 5.85. The fraction of sp³-hybridized carbons (Fsp3) is 0.0714. The maximum atomic E-state index is 5.93. The topological polar surface area (TPSA) is 64.1 Å². The molecule has 1 heterocycles. The second-order valence-corrected chi connectivity index (χ2v) is 4.67. The minimum absolute atomic E-state index is 0.473. The summed E-state index contributed by atoms with van der Waals surface area (Å²) in [6, 6.07) is 13.5. The normalized spacial score (nSPS) is 10.8. The van der Waals surface area contributed by atoms with Gasteiger partial charge in [-0.3, -0.25) is 0 Å². The molecule has 0 atom stereocenters. The molecule has 3 rings (SSSR count). The van der Waals surface area contributed by atoms with Crippen LogP contribution in [0.15, 0.2) is 46.9 Å². The van der Waals surface area contributed by atoms with Crippen molar-refractivity contribution in [3.63, 3.8) is 0 Å². The maximum Gasteiger partial charge on any atom is 0.295 e. The number of aromatic nitrogens is 1. The molecule has 0 aliphatic heterocycles. The number of nitrogens with two attached hydrogens (primary N) is 1. The summed E-state index contributed by atoms with van der Waals surface area (Å²) in [4.78, 5) is 4.32. The molecule has 0 spiro atoms. The van der Waals surface area contributed by atoms with E-state index in [2.05, 4.69) is 10.3 Å². The molecule has 3 N–H and O–H groups in total. The van der Waals surface area contributed by atoms with E-state index in [0.29, 0.717) is 28.9 Å². The number of nitrogens with one attached hydrogen (secondary N) is 1. The number of hydrogen-bond acceptors (Lipinski definition) is 4. The highest BCUT2D eigenvalue weighted by Gasteiger charge is 2.05. The molecule has 0 unspecified atom stereocenters. The third kappa shape index (κ3) is 2.63. The van der Waals surface area contributed by atoms with Crippen molar-refractivity contribution in [3.8, 4) is 0 Å². The van der Waals surface area contributed by atoms with Gasteiger partial charge in [0.05, 0.1) is 0 Å². The van der Waals surface area contributed by atoms with Gasteiger partial charge >= 0.3 is 0 Å². The third-order valence-corrected chi connectivity index (χ3v) is 2.98. The zero-order valence-corrected chi connectivity index (χ0v) is 10.8. The molecule has 2 aromatic carbocycles. The molecule has 4 nitrogen and oxygen atoms in total. The highest BCUT2D eigenvalue weighted by molar-refractivity contribution is 6.30. The molecule has 19 heavy (non-hydrogen) atoms. The van der Waals surface area contributed by atoms with Gasteiger partial charge in [0.1, 0.15) is 5.52 Å². The molecule has 0 bridgehead atoms. The fourth-order valence-corrected chi connectivity index (χ4v) is 2.06. The van der Waals surface area contributed by atoms with Crippen LogP contribution < -0.4 is 11.1 Å². The summed E-state index contributed by atoms with van der Waals surface area (Å²) in [6.45, 7) is 0.600.